The molecule has 0 atom stereocenters. The number of nitrogens with two attached hydrogens (primary N) is 1. The van der Waals surface area contributed by atoms with Gasteiger partial charge >= 0.3 is 35.5 Å². The molecule has 0 heterocycles. The van der Waals surface area contributed by atoms with Crippen molar-refractivity contribution in [2.45, 2.75) is 4.90 Å². The van der Waals surface area contributed by atoms with Crippen molar-refractivity contribution in [2.75, 3.05) is 11.1 Å². The van der Waals surface area contributed by atoms with E-state index in [9.17, 15) is 32.5 Å². The summed E-state index contributed by atoms with van der Waals surface area (Å²) in [7, 11) is -5.08. The summed E-state index contributed by atoms with van der Waals surface area (Å²) in [6.07, 6.45) is 0. The summed E-state index contributed by atoms with van der Waals surface area (Å²) < 4.78 is 35.8. The molecule has 0 radical (unpaired) electrons. The van der Waals surface area contributed by atoms with Gasteiger partial charge in [-0.25, -0.2) is 13.2 Å². The third-order valence-electron chi connectivity index (χ3n) is 5.84. The van der Waals surface area contributed by atoms with Crippen LogP contribution in [0.25, 0.3) is 10.8 Å². The number of ketones is 2. The molecule has 0 saturated carbocycles. The molecule has 0 spiro atoms. The van der Waals surface area contributed by atoms with Gasteiger partial charge in [-0.1, -0.05) is 36.4 Å². The van der Waals surface area contributed by atoms with Gasteiger partial charge in [0, 0.05) is 16.8 Å². The monoisotopic (exact) mass is 510 g/mol. The molecule has 0 saturated heterocycles. The van der Waals surface area contributed by atoms with E-state index in [0.717, 1.165) is 6.07 Å². The minimum absolute atomic E-state index is 0. The molecule has 4 aromatic carbocycles. The van der Waals surface area contributed by atoms with Crippen molar-refractivity contribution in [3.63, 3.8) is 0 Å². The van der Waals surface area contributed by atoms with Crippen LogP contribution in [0.1, 0.15) is 42.2 Å². The standard InChI is InChI=1S/C25H16N2O7S.Na/c26-22-19(35(32,33)34)11-18(20-21(22)24(29)17-4-2-1-3-16(17)23(20)28)27-15-8-7-12-9-14(25(30)31)6-5-13(12)10-15;/h1-11,27H,26H2,(H,30,31)(H,32,33,34);/q;+1/p-1. The van der Waals surface area contributed by atoms with Gasteiger partial charge in [0.2, 0.25) is 0 Å². The van der Waals surface area contributed by atoms with Crippen molar-refractivity contribution in [3.05, 3.63) is 94.5 Å². The molecule has 0 fully saturated rings. The minimum Gasteiger partial charge on any atom is -0.744 e. The first-order valence-corrected chi connectivity index (χ1v) is 11.6. The molecule has 0 aromatic heterocycles. The van der Waals surface area contributed by atoms with Crippen molar-refractivity contribution < 1.29 is 62.0 Å². The predicted octanol–water partition coefficient (Wildman–Crippen LogP) is 0.547. The molecule has 174 valence electrons. The van der Waals surface area contributed by atoms with E-state index in [2.05, 4.69) is 5.32 Å². The zero-order chi connectivity index (χ0) is 25.1. The Balaban J connectivity index is 0.00000304. The van der Waals surface area contributed by atoms with Crippen LogP contribution in [-0.4, -0.2) is 35.6 Å². The molecule has 0 bridgehead atoms. The fourth-order valence-electron chi connectivity index (χ4n) is 4.21. The van der Waals surface area contributed by atoms with Gasteiger partial charge in [-0.05, 0) is 41.1 Å². The molecule has 36 heavy (non-hydrogen) atoms. The van der Waals surface area contributed by atoms with E-state index >= 15 is 0 Å². The number of benzene rings is 4. The van der Waals surface area contributed by atoms with Gasteiger partial charge in [-0.15, -0.1) is 0 Å². The van der Waals surface area contributed by atoms with Gasteiger partial charge in [0.05, 0.1) is 33.0 Å². The number of nitrogen functional groups attached to an aromatic ring is 1. The first-order chi connectivity index (χ1) is 16.6. The third-order valence-corrected chi connectivity index (χ3v) is 6.71. The van der Waals surface area contributed by atoms with Crippen LogP contribution >= 0.6 is 0 Å². The van der Waals surface area contributed by atoms with Crippen LogP contribution in [-0.2, 0) is 10.1 Å². The smallest absolute Gasteiger partial charge is 0.744 e. The summed E-state index contributed by atoms with van der Waals surface area (Å²) in [4.78, 5) is 37.0. The average molecular weight is 510 g/mol. The number of nitrogens with one attached hydrogen (secondary N) is 1. The van der Waals surface area contributed by atoms with Gasteiger partial charge in [0.15, 0.2) is 11.6 Å². The fraction of sp³-hybridized carbons (Fsp3) is 0. The molecule has 5 rings (SSSR count). The molecule has 0 aliphatic heterocycles. The number of carboxylic acids is 1. The van der Waals surface area contributed by atoms with E-state index in [-0.39, 0.29) is 63.1 Å². The molecule has 9 nitrogen and oxygen atoms in total. The van der Waals surface area contributed by atoms with Crippen molar-refractivity contribution in [1.29, 1.82) is 0 Å². The van der Waals surface area contributed by atoms with E-state index < -0.39 is 38.2 Å². The molecule has 4 aromatic rings. The first-order valence-electron chi connectivity index (χ1n) is 10.2. The molecule has 11 heteroatoms. The van der Waals surface area contributed by atoms with Crippen LogP contribution in [0.3, 0.4) is 0 Å². The van der Waals surface area contributed by atoms with Crippen LogP contribution in [0.4, 0.5) is 17.1 Å². The Labute approximate surface area is 227 Å². The summed E-state index contributed by atoms with van der Waals surface area (Å²) >= 11 is 0. The maximum absolute atomic E-state index is 13.4. The average Bonchev–Trinajstić information content (AvgIpc) is 2.82. The number of fused-ring (bicyclic) bond motifs is 3. The van der Waals surface area contributed by atoms with Crippen LogP contribution in [0.2, 0.25) is 0 Å². The SMILES string of the molecule is Nc1c(S(=O)(=O)[O-])cc(Nc2ccc3cc(C(=O)O)ccc3c2)c2c1C(=O)c1ccccc1C2=O.[Na+]. The zero-order valence-electron chi connectivity index (χ0n) is 18.7. The Kier molecular flexibility index (Phi) is 6.50. The number of anilines is 3. The van der Waals surface area contributed by atoms with Crippen LogP contribution in [0.5, 0.6) is 0 Å². The second-order valence-corrected chi connectivity index (χ2v) is 9.30. The molecular formula is C25H15N2NaO7S. The quantitative estimate of drug-likeness (QED) is 0.178. The third kappa shape index (κ3) is 4.19. The van der Waals surface area contributed by atoms with Crippen molar-refractivity contribution in [1.82, 2.24) is 0 Å². The molecule has 1 aliphatic carbocycles. The van der Waals surface area contributed by atoms with Crippen molar-refractivity contribution >= 4 is 55.5 Å². The van der Waals surface area contributed by atoms with Gasteiger partial charge in [-0.3, -0.25) is 9.59 Å². The van der Waals surface area contributed by atoms with Gasteiger partial charge in [0.25, 0.3) is 0 Å². The summed E-state index contributed by atoms with van der Waals surface area (Å²) in [5.41, 5.74) is 5.52. The summed E-state index contributed by atoms with van der Waals surface area (Å²) in [5, 5.41) is 13.4. The first kappa shape index (κ1) is 25.5. The number of aromatic carboxylic acids is 1. The predicted molar refractivity (Wildman–Crippen MR) is 126 cm³/mol. The van der Waals surface area contributed by atoms with E-state index in [1.165, 1.54) is 24.3 Å². The van der Waals surface area contributed by atoms with E-state index in [4.69, 9.17) is 5.73 Å². The van der Waals surface area contributed by atoms with Gasteiger partial charge in [0.1, 0.15) is 10.1 Å². The Morgan fingerprint density at radius 2 is 1.44 bits per heavy atom. The number of hydrogen-bond acceptors (Lipinski definition) is 8. The topological polar surface area (TPSA) is 167 Å². The Hall–Kier alpha value is -3.54. The normalized spacial score (nSPS) is 12.5. The van der Waals surface area contributed by atoms with E-state index in [1.807, 2.05) is 0 Å². The second-order valence-electron chi connectivity index (χ2n) is 7.95. The van der Waals surface area contributed by atoms with Gasteiger partial charge in [-0.2, -0.15) is 0 Å². The minimum atomic E-state index is -5.08. The molecule has 1 aliphatic rings. The maximum atomic E-state index is 13.4. The molecule has 0 unspecified atom stereocenters. The summed E-state index contributed by atoms with van der Waals surface area (Å²) in [6.45, 7) is 0. The van der Waals surface area contributed by atoms with Crippen molar-refractivity contribution in [3.8, 4) is 0 Å². The van der Waals surface area contributed by atoms with Gasteiger partial charge < -0.3 is 20.7 Å². The molecule has 4 N–H and O–H groups in total. The second kappa shape index (κ2) is 9.16. The zero-order valence-corrected chi connectivity index (χ0v) is 21.5. The number of rotatable bonds is 4. The van der Waals surface area contributed by atoms with E-state index in [1.54, 1.807) is 36.4 Å². The largest absolute Gasteiger partial charge is 1.00 e. The number of carbonyl (C=O) groups is 3. The number of hydrogen-bond donors (Lipinski definition) is 3. The number of carboxylic acid groups (broad SMARTS) is 1. The van der Waals surface area contributed by atoms with Crippen LogP contribution in [0.15, 0.2) is 71.6 Å². The molecular weight excluding hydrogens is 495 g/mol. The Morgan fingerprint density at radius 1 is 0.861 bits per heavy atom. The molecule has 0 amide bonds. The summed E-state index contributed by atoms with van der Waals surface area (Å²) in [5.74, 6) is -2.29. The van der Waals surface area contributed by atoms with Crippen molar-refractivity contribution in [2.24, 2.45) is 0 Å². The van der Waals surface area contributed by atoms with Crippen LogP contribution in [0, 0.1) is 0 Å². The fourth-order valence-corrected chi connectivity index (χ4v) is 4.84. The van der Waals surface area contributed by atoms with E-state index in [0.29, 0.717) is 16.5 Å². The van der Waals surface area contributed by atoms with Crippen LogP contribution < -0.4 is 40.6 Å². The Morgan fingerprint density at radius 3 is 2.06 bits per heavy atom. The summed E-state index contributed by atoms with van der Waals surface area (Å²) in [6, 6.07) is 16.4. The maximum Gasteiger partial charge on any atom is 1.00 e. The number of carbonyl (C=O) groups excluding carboxylic acids is 2. The Bertz CT molecular complexity index is 1730.